The summed E-state index contributed by atoms with van der Waals surface area (Å²) in [5, 5.41) is 26.4. The Kier molecular flexibility index (Phi) is 5.98. The van der Waals surface area contributed by atoms with Gasteiger partial charge in [0.1, 0.15) is 0 Å². The highest BCUT2D eigenvalue weighted by Crippen LogP contribution is 2.24. The van der Waals surface area contributed by atoms with E-state index in [0.717, 1.165) is 11.1 Å². The number of carbonyl (C=O) groups is 2. The van der Waals surface area contributed by atoms with Gasteiger partial charge in [-0.1, -0.05) is 72.8 Å². The monoisotopic (exact) mass is 427 g/mol. The minimum atomic E-state index is -1.04. The van der Waals surface area contributed by atoms with Gasteiger partial charge in [0.05, 0.1) is 18.2 Å². The number of para-hydroxylation sites is 1. The van der Waals surface area contributed by atoms with E-state index in [4.69, 9.17) is 0 Å². The van der Waals surface area contributed by atoms with E-state index < -0.39 is 17.9 Å². The number of benzene rings is 3. The summed E-state index contributed by atoms with van der Waals surface area (Å²) in [5.74, 6) is -1.81. The molecular formula is C25H21N3O4. The first kappa shape index (κ1) is 20.9. The van der Waals surface area contributed by atoms with E-state index in [1.165, 1.54) is 10.7 Å². The number of rotatable bonds is 7. The van der Waals surface area contributed by atoms with E-state index in [-0.39, 0.29) is 18.0 Å². The molecule has 4 aromatic rings. The number of carbonyl (C=O) groups excluding carboxylic acids is 1. The summed E-state index contributed by atoms with van der Waals surface area (Å²) in [5.41, 5.74) is 3.28. The van der Waals surface area contributed by atoms with Gasteiger partial charge in [-0.15, -0.1) is 0 Å². The molecule has 1 atom stereocenters. The minimum absolute atomic E-state index is 0.0114. The lowest BCUT2D eigenvalue weighted by atomic mass is 9.99. The van der Waals surface area contributed by atoms with Crippen LogP contribution in [0, 0.1) is 0 Å². The number of hydrogen-bond donors (Lipinski definition) is 3. The predicted molar refractivity (Wildman–Crippen MR) is 120 cm³/mol. The topological polar surface area (TPSA) is 104 Å². The van der Waals surface area contributed by atoms with E-state index in [9.17, 15) is 19.8 Å². The molecule has 0 bridgehead atoms. The molecular weight excluding hydrogens is 406 g/mol. The molecule has 0 saturated carbocycles. The number of carboxylic acid groups (broad SMARTS) is 1. The third-order valence-electron chi connectivity index (χ3n) is 5.03. The maximum Gasteiger partial charge on any atom is 0.305 e. The fraction of sp³-hybridized carbons (Fsp3) is 0.0800. The van der Waals surface area contributed by atoms with Gasteiger partial charge < -0.3 is 15.5 Å². The Morgan fingerprint density at radius 2 is 1.47 bits per heavy atom. The van der Waals surface area contributed by atoms with Crippen LogP contribution in [0.15, 0.2) is 91.0 Å². The van der Waals surface area contributed by atoms with Crippen molar-refractivity contribution in [3.8, 4) is 22.7 Å². The van der Waals surface area contributed by atoms with E-state index in [1.807, 2.05) is 48.5 Å². The zero-order valence-corrected chi connectivity index (χ0v) is 17.1. The van der Waals surface area contributed by atoms with Gasteiger partial charge in [-0.25, -0.2) is 4.68 Å². The Labute approximate surface area is 184 Å². The van der Waals surface area contributed by atoms with Crippen LogP contribution in [0.2, 0.25) is 0 Å². The van der Waals surface area contributed by atoms with Crippen LogP contribution in [0.5, 0.6) is 5.88 Å². The number of hydrogen-bond acceptors (Lipinski definition) is 4. The van der Waals surface area contributed by atoms with Crippen LogP contribution in [-0.2, 0) is 4.79 Å². The average Bonchev–Trinajstić information content (AvgIpc) is 3.21. The van der Waals surface area contributed by atoms with Crippen molar-refractivity contribution in [1.29, 1.82) is 0 Å². The second kappa shape index (κ2) is 9.18. The second-order valence-electron chi connectivity index (χ2n) is 7.25. The highest BCUT2D eigenvalue weighted by molar-refractivity contribution is 5.93. The molecule has 0 fully saturated rings. The number of nitrogens with zero attached hydrogens (tertiary/aromatic N) is 2. The highest BCUT2D eigenvalue weighted by Gasteiger charge is 2.22. The summed E-state index contributed by atoms with van der Waals surface area (Å²) in [6.45, 7) is 0. The molecule has 0 radical (unpaired) electrons. The molecule has 1 aromatic heterocycles. The van der Waals surface area contributed by atoms with Crippen molar-refractivity contribution in [2.75, 3.05) is 0 Å². The summed E-state index contributed by atoms with van der Waals surface area (Å²) >= 11 is 0. The van der Waals surface area contributed by atoms with Crippen LogP contribution in [-0.4, -0.2) is 31.9 Å². The third-order valence-corrected chi connectivity index (χ3v) is 5.03. The molecule has 1 heterocycles. The van der Waals surface area contributed by atoms with Gasteiger partial charge >= 0.3 is 5.97 Å². The Balaban J connectivity index is 1.56. The molecule has 3 N–H and O–H groups in total. The quantitative estimate of drug-likeness (QED) is 0.410. The maximum atomic E-state index is 12.8. The van der Waals surface area contributed by atoms with Gasteiger partial charge in [0.15, 0.2) is 5.69 Å². The second-order valence-corrected chi connectivity index (χ2v) is 7.25. The molecule has 7 heteroatoms. The number of amides is 1. The lowest BCUT2D eigenvalue weighted by Crippen LogP contribution is -2.30. The van der Waals surface area contributed by atoms with Gasteiger partial charge in [0.2, 0.25) is 5.88 Å². The first-order chi connectivity index (χ1) is 15.5. The standard InChI is InChI=1S/C25H21N3O4/c29-23-15-22(27-28(23)20-9-5-2-6-10-20)25(32)26-21(16-24(30)31)19-13-11-18(12-14-19)17-7-3-1-4-8-17/h1-15,21,29H,16H2,(H,26,32)(H,30,31). The van der Waals surface area contributed by atoms with Gasteiger partial charge in [-0.2, -0.15) is 5.10 Å². The van der Waals surface area contributed by atoms with Crippen LogP contribution in [0.4, 0.5) is 0 Å². The highest BCUT2D eigenvalue weighted by atomic mass is 16.4. The van der Waals surface area contributed by atoms with Crippen molar-refractivity contribution >= 4 is 11.9 Å². The fourth-order valence-electron chi connectivity index (χ4n) is 3.44. The van der Waals surface area contributed by atoms with Gasteiger partial charge in [-0.05, 0) is 28.8 Å². The Morgan fingerprint density at radius 1 is 0.875 bits per heavy atom. The van der Waals surface area contributed by atoms with Crippen molar-refractivity contribution in [3.63, 3.8) is 0 Å². The zero-order valence-electron chi connectivity index (χ0n) is 17.1. The predicted octanol–water partition coefficient (Wildman–Crippen LogP) is 4.19. The lowest BCUT2D eigenvalue weighted by molar-refractivity contribution is -0.137. The van der Waals surface area contributed by atoms with Gasteiger partial charge in [0, 0.05) is 6.07 Å². The van der Waals surface area contributed by atoms with Gasteiger partial charge in [0.25, 0.3) is 5.91 Å². The number of nitrogens with one attached hydrogen (secondary N) is 1. The molecule has 4 rings (SSSR count). The lowest BCUT2D eigenvalue weighted by Gasteiger charge is -2.17. The van der Waals surface area contributed by atoms with Crippen molar-refractivity contribution < 1.29 is 19.8 Å². The van der Waals surface area contributed by atoms with Crippen LogP contribution in [0.3, 0.4) is 0 Å². The Bertz CT molecular complexity index is 1220. The summed E-state index contributed by atoms with van der Waals surface area (Å²) in [6.07, 6.45) is -0.290. The molecule has 7 nitrogen and oxygen atoms in total. The molecule has 0 aliphatic rings. The largest absolute Gasteiger partial charge is 0.493 e. The minimum Gasteiger partial charge on any atom is -0.493 e. The summed E-state index contributed by atoms with van der Waals surface area (Å²) < 4.78 is 1.25. The normalized spacial score (nSPS) is 11.6. The molecule has 0 saturated heterocycles. The zero-order chi connectivity index (χ0) is 22.5. The molecule has 1 unspecified atom stereocenters. The number of carboxylic acids is 1. The third kappa shape index (κ3) is 4.67. The Morgan fingerprint density at radius 3 is 2.09 bits per heavy atom. The molecule has 0 spiro atoms. The molecule has 32 heavy (non-hydrogen) atoms. The van der Waals surface area contributed by atoms with Crippen molar-refractivity contribution in [1.82, 2.24) is 15.1 Å². The molecule has 3 aromatic carbocycles. The molecule has 0 aliphatic carbocycles. The van der Waals surface area contributed by atoms with E-state index in [0.29, 0.717) is 11.3 Å². The SMILES string of the molecule is O=C(O)CC(NC(=O)c1cc(O)n(-c2ccccc2)n1)c1ccc(-c2ccccc2)cc1. The smallest absolute Gasteiger partial charge is 0.305 e. The summed E-state index contributed by atoms with van der Waals surface area (Å²) in [7, 11) is 0. The summed E-state index contributed by atoms with van der Waals surface area (Å²) in [4.78, 5) is 24.2. The Hall–Kier alpha value is -4.39. The molecule has 160 valence electrons. The number of aliphatic carboxylic acids is 1. The molecule has 0 aliphatic heterocycles. The number of aromatic hydroxyl groups is 1. The number of aromatic nitrogens is 2. The van der Waals surface area contributed by atoms with Crippen molar-refractivity contribution in [2.24, 2.45) is 0 Å². The van der Waals surface area contributed by atoms with Crippen LogP contribution >= 0.6 is 0 Å². The van der Waals surface area contributed by atoms with Crippen LogP contribution < -0.4 is 5.32 Å². The summed E-state index contributed by atoms with van der Waals surface area (Å²) in [6, 6.07) is 26.6. The van der Waals surface area contributed by atoms with E-state index in [2.05, 4.69) is 10.4 Å². The maximum absolute atomic E-state index is 12.8. The average molecular weight is 427 g/mol. The van der Waals surface area contributed by atoms with Crippen LogP contribution in [0.25, 0.3) is 16.8 Å². The van der Waals surface area contributed by atoms with Gasteiger partial charge in [-0.3, -0.25) is 9.59 Å². The van der Waals surface area contributed by atoms with Crippen LogP contribution in [0.1, 0.15) is 28.5 Å². The first-order valence-corrected chi connectivity index (χ1v) is 10.0. The first-order valence-electron chi connectivity index (χ1n) is 10.0. The van der Waals surface area contributed by atoms with E-state index in [1.54, 1.807) is 36.4 Å². The van der Waals surface area contributed by atoms with E-state index >= 15 is 0 Å². The molecule has 1 amide bonds. The van der Waals surface area contributed by atoms with Crippen molar-refractivity contribution in [3.05, 3.63) is 102 Å². The fourth-order valence-corrected chi connectivity index (χ4v) is 3.44. The van der Waals surface area contributed by atoms with Crippen molar-refractivity contribution in [2.45, 2.75) is 12.5 Å².